The second-order valence-electron chi connectivity index (χ2n) is 2.49. The first kappa shape index (κ1) is 9.81. The van der Waals surface area contributed by atoms with E-state index < -0.39 is 0 Å². The van der Waals surface area contributed by atoms with Gasteiger partial charge in [-0.1, -0.05) is 24.3 Å². The summed E-state index contributed by atoms with van der Waals surface area (Å²) in [7, 11) is 0. The second kappa shape index (κ2) is 5.38. The van der Waals surface area contributed by atoms with Gasteiger partial charge in [-0.3, -0.25) is 0 Å². The van der Waals surface area contributed by atoms with Crippen LogP contribution in [0.15, 0.2) is 48.6 Å². The van der Waals surface area contributed by atoms with Crippen LogP contribution < -0.4 is 0 Å². The van der Waals surface area contributed by atoms with E-state index in [-0.39, 0.29) is 0 Å². The largest absolute Gasteiger partial charge is 0.361 e. The van der Waals surface area contributed by atoms with Crippen LogP contribution in [0.25, 0.3) is 11.1 Å². The molecule has 0 amide bonds. The van der Waals surface area contributed by atoms with Crippen molar-refractivity contribution in [2.24, 2.45) is 0 Å². The summed E-state index contributed by atoms with van der Waals surface area (Å²) in [6.07, 6.45) is 14.1. The van der Waals surface area contributed by atoms with Crippen molar-refractivity contribution in [1.29, 1.82) is 0 Å². The minimum atomic E-state index is 0.611. The third kappa shape index (κ3) is 2.99. The molecular weight excluding hydrogens is 176 g/mol. The highest BCUT2D eigenvalue weighted by Gasteiger charge is 1.97. The molecule has 0 aromatic rings. The fourth-order valence-electron chi connectivity index (χ4n) is 0.861. The fourth-order valence-corrected chi connectivity index (χ4v) is 0.861. The average Bonchev–Trinajstić information content (AvgIpc) is 2.92. The normalized spacial score (nSPS) is 15.1. The molecule has 0 aromatic carbocycles. The molecule has 2 rings (SSSR count). The van der Waals surface area contributed by atoms with Gasteiger partial charge >= 0.3 is 11.4 Å². The van der Waals surface area contributed by atoms with Gasteiger partial charge in [-0.15, -0.1) is 0 Å². The first-order valence-corrected chi connectivity index (χ1v) is 4.00. The molecule has 0 spiro atoms. The van der Waals surface area contributed by atoms with E-state index in [1.54, 1.807) is 24.3 Å². The molecule has 0 atom stereocenters. The molecule has 14 heavy (non-hydrogen) atoms. The molecule has 68 valence electrons. The van der Waals surface area contributed by atoms with Crippen molar-refractivity contribution < 1.29 is 9.58 Å². The maximum atomic E-state index is 8.05. The van der Waals surface area contributed by atoms with E-state index in [1.807, 2.05) is 24.3 Å². The smallest absolute Gasteiger partial charge is 0.315 e. The lowest BCUT2D eigenvalue weighted by molar-refractivity contribution is -0.00177. The van der Waals surface area contributed by atoms with Crippen LogP contribution in [-0.2, 0) is 0 Å². The number of hydrogen-bond acceptors (Lipinski definition) is 0. The Labute approximate surface area is 81.4 Å². The third-order valence-electron chi connectivity index (χ3n) is 1.52. The third-order valence-corrected chi connectivity index (χ3v) is 1.52. The van der Waals surface area contributed by atoms with Crippen molar-refractivity contribution in [3.05, 3.63) is 59.7 Å². The lowest BCUT2D eigenvalue weighted by atomic mass is 10.4. The van der Waals surface area contributed by atoms with Crippen molar-refractivity contribution in [2.45, 2.75) is 0 Å². The van der Waals surface area contributed by atoms with E-state index in [2.05, 4.69) is 9.58 Å². The molecule has 0 saturated heterocycles. The minimum absolute atomic E-state index is 0.611. The van der Waals surface area contributed by atoms with Crippen LogP contribution in [0, 0.1) is 0 Å². The van der Waals surface area contributed by atoms with Gasteiger partial charge in [0, 0.05) is 24.3 Å². The van der Waals surface area contributed by atoms with Crippen LogP contribution in [0.3, 0.4) is 0 Å². The van der Waals surface area contributed by atoms with Gasteiger partial charge in [0.15, 0.2) is 0 Å². The molecule has 0 heterocycles. The average molecular weight is 184 g/mol. The number of nitrogens with zero attached hydrogens (tertiary/aromatic N) is 4. The molecular formula is C10H8N4. The van der Waals surface area contributed by atoms with Crippen LogP contribution in [0.4, 0.5) is 0 Å². The van der Waals surface area contributed by atoms with Gasteiger partial charge in [0.1, 0.15) is 0 Å². The first-order valence-electron chi connectivity index (χ1n) is 4.00. The quantitative estimate of drug-likeness (QED) is 0.405. The van der Waals surface area contributed by atoms with Gasteiger partial charge in [0.2, 0.25) is 0 Å². The van der Waals surface area contributed by atoms with Gasteiger partial charge < -0.3 is 11.1 Å². The van der Waals surface area contributed by atoms with E-state index in [4.69, 9.17) is 11.1 Å². The summed E-state index contributed by atoms with van der Waals surface area (Å²) in [5.41, 5.74) is 17.3. The van der Waals surface area contributed by atoms with Gasteiger partial charge in [0.05, 0.1) is 0 Å². The van der Waals surface area contributed by atoms with E-state index >= 15 is 0 Å². The predicted molar refractivity (Wildman–Crippen MR) is 53.8 cm³/mol. The van der Waals surface area contributed by atoms with Crippen molar-refractivity contribution in [3.63, 3.8) is 0 Å². The topological polar surface area (TPSA) is 72.8 Å². The standard InChI is InChI=1S/2C5H4N2/c2*6-7-5-3-1-2-4-5/h2*1-4H. The number of rotatable bonds is 0. The maximum Gasteiger partial charge on any atom is 0.315 e. The van der Waals surface area contributed by atoms with Crippen LogP contribution in [0.5, 0.6) is 0 Å². The molecule has 0 aromatic heterocycles. The van der Waals surface area contributed by atoms with E-state index in [0.29, 0.717) is 11.4 Å². The monoisotopic (exact) mass is 184 g/mol. The summed E-state index contributed by atoms with van der Waals surface area (Å²) in [4.78, 5) is 5.86. The van der Waals surface area contributed by atoms with Crippen LogP contribution >= 0.6 is 0 Å². The van der Waals surface area contributed by atoms with Gasteiger partial charge in [-0.25, -0.2) is 0 Å². The van der Waals surface area contributed by atoms with Gasteiger partial charge in [0.25, 0.3) is 0 Å². The van der Waals surface area contributed by atoms with Crippen molar-refractivity contribution >= 4 is 11.4 Å². The molecule has 0 unspecified atom stereocenters. The first-order chi connectivity index (χ1) is 6.86. The van der Waals surface area contributed by atoms with E-state index in [9.17, 15) is 0 Å². The maximum absolute atomic E-state index is 8.05. The van der Waals surface area contributed by atoms with Gasteiger partial charge in [-0.05, 0) is 0 Å². The fraction of sp³-hybridized carbons (Fsp3) is 0. The lowest BCUT2D eigenvalue weighted by Crippen LogP contribution is -1.80. The minimum Gasteiger partial charge on any atom is -0.361 e. The number of allylic oxidation sites excluding steroid dienone is 8. The Kier molecular flexibility index (Phi) is 3.77. The second-order valence-corrected chi connectivity index (χ2v) is 2.49. The van der Waals surface area contributed by atoms with Crippen molar-refractivity contribution in [2.75, 3.05) is 0 Å². The molecule has 0 bridgehead atoms. The summed E-state index contributed by atoms with van der Waals surface area (Å²) in [5, 5.41) is 0. The summed E-state index contributed by atoms with van der Waals surface area (Å²) >= 11 is 0. The molecule has 2 aliphatic rings. The summed E-state index contributed by atoms with van der Waals surface area (Å²) in [6.45, 7) is 0. The zero-order valence-corrected chi connectivity index (χ0v) is 7.41. The Bertz CT molecular complexity index is 355. The highest BCUT2D eigenvalue weighted by Crippen LogP contribution is 1.90. The zero-order valence-electron chi connectivity index (χ0n) is 7.41. The molecule has 0 aliphatic heterocycles. The zero-order chi connectivity index (χ0) is 10.2. The molecule has 2 aliphatic carbocycles. The Morgan fingerprint density at radius 1 is 0.643 bits per heavy atom. The SMILES string of the molecule is [N-]=[N+]=C1C=CC=C1.[N-]=[N+]=C1C=CC=C1. The lowest BCUT2D eigenvalue weighted by Gasteiger charge is -1.59. The molecule has 0 saturated carbocycles. The van der Waals surface area contributed by atoms with Crippen LogP contribution in [0.1, 0.15) is 0 Å². The Morgan fingerprint density at radius 2 is 0.929 bits per heavy atom. The molecule has 4 nitrogen and oxygen atoms in total. The van der Waals surface area contributed by atoms with E-state index in [0.717, 1.165) is 0 Å². The summed E-state index contributed by atoms with van der Waals surface area (Å²) in [6, 6.07) is 0. The van der Waals surface area contributed by atoms with Crippen molar-refractivity contribution in [1.82, 2.24) is 0 Å². The Hall–Kier alpha value is -2.28. The molecule has 0 fully saturated rings. The van der Waals surface area contributed by atoms with Crippen LogP contribution in [-0.4, -0.2) is 21.0 Å². The Morgan fingerprint density at radius 3 is 1.07 bits per heavy atom. The van der Waals surface area contributed by atoms with Crippen molar-refractivity contribution in [3.8, 4) is 0 Å². The van der Waals surface area contributed by atoms with Crippen LogP contribution in [0.2, 0.25) is 0 Å². The highest BCUT2D eigenvalue weighted by molar-refractivity contribution is 6.02. The van der Waals surface area contributed by atoms with Gasteiger partial charge in [-0.2, -0.15) is 9.58 Å². The molecule has 4 heteroatoms. The highest BCUT2D eigenvalue weighted by atomic mass is 14.9. The predicted octanol–water partition coefficient (Wildman–Crippen LogP) is 1.57. The summed E-state index contributed by atoms with van der Waals surface area (Å²) < 4.78 is 0. The summed E-state index contributed by atoms with van der Waals surface area (Å²) in [5.74, 6) is 0. The number of hydrogen-bond donors (Lipinski definition) is 0. The van der Waals surface area contributed by atoms with E-state index in [1.165, 1.54) is 0 Å². The molecule has 0 radical (unpaired) electrons. The Balaban J connectivity index is 0.000000140. The molecule has 0 N–H and O–H groups in total.